The zero-order valence-corrected chi connectivity index (χ0v) is 17.0. The van der Waals surface area contributed by atoms with Crippen molar-refractivity contribution in [3.8, 4) is 0 Å². The molecule has 0 aromatic heterocycles. The molecule has 0 atom stereocenters. The van der Waals surface area contributed by atoms with Crippen molar-refractivity contribution in [1.82, 2.24) is 15.5 Å². The molecule has 0 saturated carbocycles. The van der Waals surface area contributed by atoms with E-state index in [0.717, 1.165) is 25.9 Å². The fourth-order valence-corrected chi connectivity index (χ4v) is 3.09. The second-order valence-corrected chi connectivity index (χ2v) is 8.42. The zero-order valence-electron chi connectivity index (χ0n) is 17.0. The predicted octanol–water partition coefficient (Wildman–Crippen LogP) is 1.22. The first-order valence-corrected chi connectivity index (χ1v) is 9.57. The lowest BCUT2D eigenvalue weighted by Crippen LogP contribution is -2.40. The van der Waals surface area contributed by atoms with Gasteiger partial charge in [-0.1, -0.05) is 41.0 Å². The highest BCUT2D eigenvalue weighted by molar-refractivity contribution is 5.76. The van der Waals surface area contributed by atoms with Gasteiger partial charge in [0.05, 0.1) is 13.2 Å². The maximum Gasteiger partial charge on any atom is 0.221 e. The Hall–Kier alpha value is -0.690. The summed E-state index contributed by atoms with van der Waals surface area (Å²) < 4.78 is 0. The van der Waals surface area contributed by atoms with Crippen molar-refractivity contribution in [3.05, 3.63) is 0 Å². The van der Waals surface area contributed by atoms with Gasteiger partial charge >= 0.3 is 0 Å². The monoisotopic (exact) mass is 359 g/mol. The summed E-state index contributed by atoms with van der Waals surface area (Å²) in [6, 6.07) is 0. The summed E-state index contributed by atoms with van der Waals surface area (Å²) in [7, 11) is 0. The molecule has 0 spiro atoms. The van der Waals surface area contributed by atoms with Crippen LogP contribution in [0.5, 0.6) is 0 Å². The summed E-state index contributed by atoms with van der Waals surface area (Å²) in [6.07, 6.45) is 2.64. The van der Waals surface area contributed by atoms with E-state index in [0.29, 0.717) is 32.6 Å². The third-order valence-corrected chi connectivity index (χ3v) is 4.64. The fraction of sp³-hybridized carbons (Fsp3) is 0.947. The van der Waals surface area contributed by atoms with Crippen molar-refractivity contribution < 1.29 is 15.0 Å². The summed E-state index contributed by atoms with van der Waals surface area (Å²) in [5.41, 5.74) is 0.363. The number of nitrogens with zero attached hydrogens (tertiary/aromatic N) is 1. The van der Waals surface area contributed by atoms with Crippen molar-refractivity contribution in [1.29, 1.82) is 0 Å². The van der Waals surface area contributed by atoms with E-state index in [9.17, 15) is 4.79 Å². The van der Waals surface area contributed by atoms with Crippen LogP contribution in [0, 0.1) is 10.8 Å². The van der Waals surface area contributed by atoms with Crippen LogP contribution in [0.4, 0.5) is 0 Å². The molecule has 0 aliphatic rings. The molecule has 0 aromatic carbocycles. The molecule has 0 aromatic rings. The van der Waals surface area contributed by atoms with Gasteiger partial charge in [0.2, 0.25) is 5.91 Å². The van der Waals surface area contributed by atoms with E-state index in [1.165, 1.54) is 0 Å². The van der Waals surface area contributed by atoms with Gasteiger partial charge < -0.3 is 20.8 Å². The van der Waals surface area contributed by atoms with Crippen molar-refractivity contribution in [3.63, 3.8) is 0 Å². The van der Waals surface area contributed by atoms with Crippen LogP contribution < -0.4 is 10.6 Å². The maximum absolute atomic E-state index is 12.2. The van der Waals surface area contributed by atoms with Gasteiger partial charge in [-0.2, -0.15) is 0 Å². The van der Waals surface area contributed by atoms with Crippen LogP contribution in [0.2, 0.25) is 0 Å². The average molecular weight is 360 g/mol. The lowest BCUT2D eigenvalue weighted by molar-refractivity contribution is -0.122. The molecule has 0 aliphatic carbocycles. The molecule has 6 nitrogen and oxygen atoms in total. The summed E-state index contributed by atoms with van der Waals surface area (Å²) in [5.74, 6) is 0.0636. The molecule has 0 bridgehead atoms. The first kappa shape index (κ1) is 24.3. The topological polar surface area (TPSA) is 84.8 Å². The van der Waals surface area contributed by atoms with Crippen LogP contribution in [0.25, 0.3) is 0 Å². The minimum atomic E-state index is 0.0636. The Morgan fingerprint density at radius 1 is 0.960 bits per heavy atom. The predicted molar refractivity (Wildman–Crippen MR) is 104 cm³/mol. The molecular weight excluding hydrogens is 318 g/mol. The van der Waals surface area contributed by atoms with Crippen molar-refractivity contribution in [2.24, 2.45) is 10.8 Å². The highest BCUT2D eigenvalue weighted by Gasteiger charge is 2.27. The molecule has 0 heterocycles. The number of carbonyl (C=O) groups is 1. The Bertz CT molecular complexity index is 360. The minimum absolute atomic E-state index is 0.0636. The zero-order chi connectivity index (χ0) is 19.3. The SMILES string of the molecule is CCC(C)(C)CC(C)(C)CNC(=O)CCN(CCO)CCNCCO. The third-order valence-electron chi connectivity index (χ3n) is 4.64. The first-order chi connectivity index (χ1) is 11.7. The molecule has 0 rings (SSSR count). The van der Waals surface area contributed by atoms with Gasteiger partial charge in [-0.05, 0) is 17.3 Å². The largest absolute Gasteiger partial charge is 0.395 e. The Kier molecular flexibility index (Phi) is 12.3. The smallest absolute Gasteiger partial charge is 0.221 e. The van der Waals surface area contributed by atoms with Crippen molar-refractivity contribution in [2.45, 2.75) is 53.9 Å². The van der Waals surface area contributed by atoms with Gasteiger partial charge in [0.25, 0.3) is 0 Å². The van der Waals surface area contributed by atoms with E-state index in [-0.39, 0.29) is 30.0 Å². The van der Waals surface area contributed by atoms with Crippen LogP contribution in [-0.4, -0.2) is 73.5 Å². The molecule has 150 valence electrons. The standard InChI is InChI=1S/C19H41N3O3/c1-6-18(2,3)15-19(4,5)16-21-17(25)7-10-22(12-14-24)11-8-20-9-13-23/h20,23-24H,6-16H2,1-5H3,(H,21,25). The average Bonchev–Trinajstić information content (AvgIpc) is 2.53. The fourth-order valence-electron chi connectivity index (χ4n) is 3.09. The van der Waals surface area contributed by atoms with Crippen LogP contribution in [-0.2, 0) is 4.79 Å². The Labute approximate surface area is 154 Å². The van der Waals surface area contributed by atoms with Gasteiger partial charge in [-0.3, -0.25) is 9.69 Å². The number of hydrogen-bond donors (Lipinski definition) is 4. The number of nitrogens with one attached hydrogen (secondary N) is 2. The third kappa shape index (κ3) is 13.2. The lowest BCUT2D eigenvalue weighted by atomic mass is 9.73. The Balaban J connectivity index is 4.16. The first-order valence-electron chi connectivity index (χ1n) is 9.57. The normalized spacial score (nSPS) is 12.6. The van der Waals surface area contributed by atoms with Gasteiger partial charge in [-0.25, -0.2) is 0 Å². The number of aliphatic hydroxyl groups excluding tert-OH is 2. The van der Waals surface area contributed by atoms with E-state index < -0.39 is 0 Å². The van der Waals surface area contributed by atoms with E-state index in [1.54, 1.807) is 0 Å². The highest BCUT2D eigenvalue weighted by Crippen LogP contribution is 2.35. The number of aliphatic hydroxyl groups is 2. The molecule has 0 aliphatic heterocycles. The van der Waals surface area contributed by atoms with E-state index >= 15 is 0 Å². The number of carbonyl (C=O) groups excluding carboxylic acids is 1. The maximum atomic E-state index is 12.2. The minimum Gasteiger partial charge on any atom is -0.395 e. The van der Waals surface area contributed by atoms with Crippen LogP contribution in [0.3, 0.4) is 0 Å². The molecule has 25 heavy (non-hydrogen) atoms. The van der Waals surface area contributed by atoms with E-state index in [2.05, 4.69) is 50.2 Å². The van der Waals surface area contributed by atoms with Crippen molar-refractivity contribution >= 4 is 5.91 Å². The van der Waals surface area contributed by atoms with Crippen molar-refractivity contribution in [2.75, 3.05) is 52.5 Å². The van der Waals surface area contributed by atoms with Gasteiger partial charge in [0.1, 0.15) is 0 Å². The van der Waals surface area contributed by atoms with Crippen LogP contribution in [0.15, 0.2) is 0 Å². The summed E-state index contributed by atoms with van der Waals surface area (Å²) in [6.45, 7) is 15.3. The Morgan fingerprint density at radius 2 is 1.64 bits per heavy atom. The highest BCUT2D eigenvalue weighted by atomic mass is 16.3. The van der Waals surface area contributed by atoms with Gasteiger partial charge in [-0.15, -0.1) is 0 Å². The van der Waals surface area contributed by atoms with E-state index in [4.69, 9.17) is 10.2 Å². The van der Waals surface area contributed by atoms with Gasteiger partial charge in [0, 0.05) is 45.7 Å². The quantitative estimate of drug-likeness (QED) is 0.330. The Morgan fingerprint density at radius 3 is 2.20 bits per heavy atom. The number of amides is 1. The molecule has 0 fully saturated rings. The summed E-state index contributed by atoms with van der Waals surface area (Å²) in [5, 5.41) is 24.1. The molecule has 0 saturated heterocycles. The van der Waals surface area contributed by atoms with Gasteiger partial charge in [0.15, 0.2) is 0 Å². The number of rotatable bonds is 15. The van der Waals surface area contributed by atoms with Crippen LogP contribution in [0.1, 0.15) is 53.9 Å². The van der Waals surface area contributed by atoms with Crippen LogP contribution >= 0.6 is 0 Å². The summed E-state index contributed by atoms with van der Waals surface area (Å²) >= 11 is 0. The summed E-state index contributed by atoms with van der Waals surface area (Å²) in [4.78, 5) is 14.2. The molecule has 0 unspecified atom stereocenters. The van der Waals surface area contributed by atoms with E-state index in [1.807, 2.05) is 0 Å². The second kappa shape index (κ2) is 12.6. The number of hydrogen-bond acceptors (Lipinski definition) is 5. The molecule has 0 radical (unpaired) electrons. The second-order valence-electron chi connectivity index (χ2n) is 8.42. The lowest BCUT2D eigenvalue weighted by Gasteiger charge is -2.34. The molecular formula is C19H41N3O3. The molecule has 1 amide bonds. The molecule has 6 heteroatoms. The molecule has 4 N–H and O–H groups in total.